The monoisotopic (exact) mass is 383 g/mol. The number of piperidine rings is 1. The molecule has 1 unspecified atom stereocenters. The molecule has 1 aliphatic heterocycles. The summed E-state index contributed by atoms with van der Waals surface area (Å²) in [5.41, 5.74) is 0.392. The van der Waals surface area contributed by atoms with E-state index < -0.39 is 5.41 Å². The minimum atomic E-state index is -0.618. The molecular weight excluding hydrogens is 354 g/mol. The van der Waals surface area contributed by atoms with E-state index in [1.165, 1.54) is 0 Å². The number of carbonyl (C=O) groups excluding carboxylic acids is 2. The molecule has 1 aromatic carbocycles. The number of likely N-dealkylation sites (N-methyl/N-ethyl adjacent to an activating group) is 1. The van der Waals surface area contributed by atoms with Crippen LogP contribution in [0.15, 0.2) is 53.1 Å². The number of rotatable bonds is 6. The summed E-state index contributed by atoms with van der Waals surface area (Å²) in [5, 5.41) is 3.16. The van der Waals surface area contributed by atoms with Gasteiger partial charge in [-0.25, -0.2) is 0 Å². The predicted molar refractivity (Wildman–Crippen MR) is 108 cm³/mol. The van der Waals surface area contributed by atoms with Crippen LogP contribution < -0.4 is 5.32 Å². The van der Waals surface area contributed by atoms with Crippen molar-refractivity contribution in [2.24, 2.45) is 0 Å². The molecule has 1 aromatic heterocycles. The number of nitrogens with zero attached hydrogens (tertiary/aromatic N) is 2. The topological polar surface area (TPSA) is 65.8 Å². The molecule has 3 rings (SSSR count). The van der Waals surface area contributed by atoms with Gasteiger partial charge in [-0.05, 0) is 44.6 Å². The van der Waals surface area contributed by atoms with Crippen LogP contribution in [0.3, 0.4) is 0 Å². The first-order chi connectivity index (χ1) is 13.4. The smallest absolute Gasteiger partial charge is 0.230 e. The number of amides is 2. The molecule has 0 radical (unpaired) electrons. The molecule has 28 heavy (non-hydrogen) atoms. The normalized spacial score (nSPS) is 17.4. The fraction of sp³-hybridized carbons (Fsp3) is 0.455. The van der Waals surface area contributed by atoms with Crippen LogP contribution in [0, 0.1) is 0 Å². The summed E-state index contributed by atoms with van der Waals surface area (Å²) >= 11 is 0. The molecule has 1 saturated heterocycles. The third-order valence-corrected chi connectivity index (χ3v) is 5.77. The van der Waals surface area contributed by atoms with Crippen LogP contribution >= 0.6 is 0 Å². The molecule has 1 N–H and O–H groups in total. The molecule has 6 heteroatoms. The summed E-state index contributed by atoms with van der Waals surface area (Å²) in [6.07, 6.45) is 2.89. The van der Waals surface area contributed by atoms with E-state index in [9.17, 15) is 9.59 Å². The maximum absolute atomic E-state index is 13.4. The van der Waals surface area contributed by atoms with Crippen molar-refractivity contribution in [3.05, 3.63) is 60.1 Å². The Balaban J connectivity index is 1.79. The first kappa shape index (κ1) is 20.1. The summed E-state index contributed by atoms with van der Waals surface area (Å²) in [5.74, 6) is 0.901. The lowest BCUT2D eigenvalue weighted by Crippen LogP contribution is -2.53. The number of furan rings is 1. The van der Waals surface area contributed by atoms with Gasteiger partial charge in [-0.2, -0.15) is 0 Å². The lowest BCUT2D eigenvalue weighted by atomic mass is 9.72. The van der Waals surface area contributed by atoms with Crippen molar-refractivity contribution in [1.82, 2.24) is 15.1 Å². The quantitative estimate of drug-likeness (QED) is 0.833. The standard InChI is InChI=1S/C22H29N3O3/c1-17(26)25-13-11-22(12-14-25,18-8-5-4-6-9-18)21(27)23-16-19(24(2)3)20-10-7-15-28-20/h4-10,15,19H,11-14,16H2,1-3H3,(H,23,27). The van der Waals surface area contributed by atoms with Crippen LogP contribution in [0.4, 0.5) is 0 Å². The average molecular weight is 383 g/mol. The lowest BCUT2D eigenvalue weighted by molar-refractivity contribution is -0.135. The number of nitrogens with one attached hydrogen (secondary N) is 1. The highest BCUT2D eigenvalue weighted by Crippen LogP contribution is 2.36. The summed E-state index contributed by atoms with van der Waals surface area (Å²) in [6.45, 7) is 3.23. The Bertz CT molecular complexity index is 779. The molecular formula is C22H29N3O3. The van der Waals surface area contributed by atoms with Gasteiger partial charge in [-0.3, -0.25) is 14.5 Å². The third kappa shape index (κ3) is 4.12. The SMILES string of the molecule is CC(=O)N1CCC(C(=O)NCC(c2ccco2)N(C)C)(c2ccccc2)CC1. The number of carbonyl (C=O) groups is 2. The zero-order valence-electron chi connectivity index (χ0n) is 16.9. The van der Waals surface area contributed by atoms with Gasteiger partial charge in [-0.1, -0.05) is 30.3 Å². The van der Waals surface area contributed by atoms with Gasteiger partial charge in [0.25, 0.3) is 0 Å². The van der Waals surface area contributed by atoms with Crippen molar-refractivity contribution in [1.29, 1.82) is 0 Å². The summed E-state index contributed by atoms with van der Waals surface area (Å²) in [6, 6.07) is 13.7. The van der Waals surface area contributed by atoms with Crippen molar-refractivity contribution in [2.75, 3.05) is 33.7 Å². The molecule has 1 atom stereocenters. The van der Waals surface area contributed by atoms with E-state index in [2.05, 4.69) is 5.32 Å². The summed E-state index contributed by atoms with van der Waals surface area (Å²) in [4.78, 5) is 29.0. The largest absolute Gasteiger partial charge is 0.468 e. The Labute approximate surface area is 166 Å². The highest BCUT2D eigenvalue weighted by Gasteiger charge is 2.43. The Morgan fingerprint density at radius 2 is 1.82 bits per heavy atom. The molecule has 2 aromatic rings. The summed E-state index contributed by atoms with van der Waals surface area (Å²) in [7, 11) is 3.94. The van der Waals surface area contributed by atoms with Gasteiger partial charge in [0.1, 0.15) is 5.76 Å². The molecule has 0 bridgehead atoms. The Kier molecular flexibility index (Phi) is 6.19. The number of hydrogen-bond donors (Lipinski definition) is 1. The maximum atomic E-state index is 13.4. The average Bonchev–Trinajstić information content (AvgIpc) is 3.22. The molecule has 150 valence electrons. The van der Waals surface area contributed by atoms with Gasteiger partial charge in [0, 0.05) is 26.6 Å². The van der Waals surface area contributed by atoms with Crippen molar-refractivity contribution >= 4 is 11.8 Å². The Morgan fingerprint density at radius 1 is 1.14 bits per heavy atom. The van der Waals surface area contributed by atoms with Crippen molar-refractivity contribution in [2.45, 2.75) is 31.2 Å². The van der Waals surface area contributed by atoms with Gasteiger partial charge >= 0.3 is 0 Å². The number of benzene rings is 1. The molecule has 0 aliphatic carbocycles. The van der Waals surface area contributed by atoms with E-state index in [0.717, 1.165) is 11.3 Å². The molecule has 2 heterocycles. The molecule has 0 spiro atoms. The fourth-order valence-electron chi connectivity index (χ4n) is 3.98. The zero-order valence-corrected chi connectivity index (χ0v) is 16.9. The molecule has 0 saturated carbocycles. The number of likely N-dealkylation sites (tertiary alicyclic amines) is 1. The van der Waals surface area contributed by atoms with Crippen LogP contribution in [-0.4, -0.2) is 55.3 Å². The molecule has 1 fully saturated rings. The summed E-state index contributed by atoms with van der Waals surface area (Å²) < 4.78 is 5.55. The van der Waals surface area contributed by atoms with Gasteiger partial charge in [0.2, 0.25) is 11.8 Å². The first-order valence-corrected chi connectivity index (χ1v) is 9.73. The lowest BCUT2D eigenvalue weighted by Gasteiger charge is -2.41. The number of hydrogen-bond acceptors (Lipinski definition) is 4. The van der Waals surface area contributed by atoms with E-state index in [4.69, 9.17) is 4.42 Å². The van der Waals surface area contributed by atoms with E-state index in [-0.39, 0.29) is 17.9 Å². The zero-order chi connectivity index (χ0) is 20.1. The van der Waals surface area contributed by atoms with Crippen LogP contribution in [0.5, 0.6) is 0 Å². The minimum absolute atomic E-state index is 0.0142. The van der Waals surface area contributed by atoms with Gasteiger partial charge in [-0.15, -0.1) is 0 Å². The van der Waals surface area contributed by atoms with Crippen molar-refractivity contribution in [3.63, 3.8) is 0 Å². The Hall–Kier alpha value is -2.60. The third-order valence-electron chi connectivity index (χ3n) is 5.77. The first-order valence-electron chi connectivity index (χ1n) is 9.73. The second kappa shape index (κ2) is 8.61. The van der Waals surface area contributed by atoms with Crippen LogP contribution in [0.1, 0.15) is 37.1 Å². The van der Waals surface area contributed by atoms with Crippen LogP contribution in [0.25, 0.3) is 0 Å². The maximum Gasteiger partial charge on any atom is 0.230 e. The van der Waals surface area contributed by atoms with Crippen molar-refractivity contribution in [3.8, 4) is 0 Å². The fourth-order valence-corrected chi connectivity index (χ4v) is 3.98. The highest BCUT2D eigenvalue weighted by molar-refractivity contribution is 5.88. The molecule has 6 nitrogen and oxygen atoms in total. The molecule has 2 amide bonds. The molecule has 1 aliphatic rings. The van der Waals surface area contributed by atoms with E-state index >= 15 is 0 Å². The highest BCUT2D eigenvalue weighted by atomic mass is 16.3. The van der Waals surface area contributed by atoms with Crippen LogP contribution in [-0.2, 0) is 15.0 Å². The van der Waals surface area contributed by atoms with Gasteiger partial charge < -0.3 is 14.6 Å². The van der Waals surface area contributed by atoms with Gasteiger partial charge in [0.15, 0.2) is 0 Å². The van der Waals surface area contributed by atoms with Crippen LogP contribution in [0.2, 0.25) is 0 Å². The van der Waals surface area contributed by atoms with E-state index in [1.54, 1.807) is 13.2 Å². The van der Waals surface area contributed by atoms with Crippen molar-refractivity contribution < 1.29 is 14.0 Å². The second-order valence-corrected chi connectivity index (χ2v) is 7.66. The van der Waals surface area contributed by atoms with Gasteiger partial charge in [0.05, 0.1) is 17.7 Å². The van der Waals surface area contributed by atoms with E-state index in [1.807, 2.05) is 66.4 Å². The Morgan fingerprint density at radius 3 is 2.36 bits per heavy atom. The predicted octanol–water partition coefficient (Wildman–Crippen LogP) is 2.58. The minimum Gasteiger partial charge on any atom is -0.468 e. The van der Waals surface area contributed by atoms with E-state index in [0.29, 0.717) is 32.5 Å². The second-order valence-electron chi connectivity index (χ2n) is 7.66.